The molecule has 0 radical (unpaired) electrons. The Hall–Kier alpha value is -3.20. The van der Waals surface area contributed by atoms with Gasteiger partial charge in [-0.05, 0) is 36.4 Å². The van der Waals surface area contributed by atoms with Gasteiger partial charge in [-0.3, -0.25) is 4.79 Å². The first kappa shape index (κ1) is 20.5. The number of nitrogens with one attached hydrogen (secondary N) is 1. The fourth-order valence-electron chi connectivity index (χ4n) is 2.52. The Labute approximate surface area is 168 Å². The summed E-state index contributed by atoms with van der Waals surface area (Å²) in [5, 5.41) is 5.54. The lowest BCUT2D eigenvalue weighted by atomic mass is 10.1. The molecule has 0 atom stereocenters. The molecule has 0 aliphatic rings. The number of hydrogen-bond acceptors (Lipinski definition) is 5. The number of anilines is 1. The van der Waals surface area contributed by atoms with Crippen molar-refractivity contribution < 1.29 is 32.0 Å². The molecule has 1 amide bonds. The van der Waals surface area contributed by atoms with E-state index in [4.69, 9.17) is 25.6 Å². The average Bonchev–Trinajstić information content (AvgIpc) is 3.18. The number of carbonyl (C=O) groups excluding carboxylic acids is 1. The predicted octanol–water partition coefficient (Wildman–Crippen LogP) is 5.28. The van der Waals surface area contributed by atoms with E-state index in [9.17, 15) is 18.0 Å². The van der Waals surface area contributed by atoms with Gasteiger partial charge in [-0.2, -0.15) is 13.2 Å². The van der Waals surface area contributed by atoms with E-state index >= 15 is 0 Å². The van der Waals surface area contributed by atoms with Gasteiger partial charge in [0.25, 0.3) is 5.91 Å². The van der Waals surface area contributed by atoms with E-state index in [0.29, 0.717) is 17.1 Å². The number of amides is 1. The van der Waals surface area contributed by atoms with Gasteiger partial charge < -0.3 is 19.3 Å². The zero-order chi connectivity index (χ0) is 21.2. The zero-order valence-electron chi connectivity index (χ0n) is 15.1. The van der Waals surface area contributed by atoms with Crippen LogP contribution in [0.4, 0.5) is 18.9 Å². The molecule has 2 aromatic carbocycles. The Bertz CT molecular complexity index is 1050. The van der Waals surface area contributed by atoms with E-state index in [-0.39, 0.29) is 17.1 Å². The summed E-state index contributed by atoms with van der Waals surface area (Å²) in [7, 11) is 2.97. The lowest BCUT2D eigenvalue weighted by Gasteiger charge is -2.11. The highest BCUT2D eigenvalue weighted by Gasteiger charge is 2.33. The molecule has 1 heterocycles. The largest absolute Gasteiger partial charge is 0.493 e. The molecule has 6 nitrogen and oxygen atoms in total. The fraction of sp³-hybridized carbons (Fsp3) is 0.158. The first-order valence-electron chi connectivity index (χ1n) is 8.10. The van der Waals surface area contributed by atoms with Gasteiger partial charge in [0.15, 0.2) is 23.0 Å². The Morgan fingerprint density at radius 1 is 1.07 bits per heavy atom. The summed E-state index contributed by atoms with van der Waals surface area (Å²) in [5.74, 6) is 0.490. The highest BCUT2D eigenvalue weighted by Crippen LogP contribution is 2.36. The first-order chi connectivity index (χ1) is 13.7. The lowest BCUT2D eigenvalue weighted by molar-refractivity contribution is -0.137. The molecule has 0 unspecified atom stereocenters. The van der Waals surface area contributed by atoms with Crippen molar-refractivity contribution in [2.24, 2.45) is 0 Å². The van der Waals surface area contributed by atoms with Gasteiger partial charge in [0, 0.05) is 17.3 Å². The molecule has 10 heteroatoms. The third-order valence-corrected chi connectivity index (χ3v) is 4.27. The van der Waals surface area contributed by atoms with Gasteiger partial charge >= 0.3 is 6.18 Å². The third kappa shape index (κ3) is 4.45. The van der Waals surface area contributed by atoms with E-state index in [2.05, 4.69) is 10.5 Å². The number of ether oxygens (including phenoxy) is 2. The molecule has 3 aromatic rings. The van der Waals surface area contributed by atoms with Crippen molar-refractivity contribution in [2.45, 2.75) is 6.18 Å². The number of alkyl halides is 3. The molecule has 1 N–H and O–H groups in total. The van der Waals surface area contributed by atoms with Crippen LogP contribution in [0, 0.1) is 0 Å². The molecule has 0 spiro atoms. The monoisotopic (exact) mass is 426 g/mol. The van der Waals surface area contributed by atoms with Crippen LogP contribution in [-0.2, 0) is 6.18 Å². The van der Waals surface area contributed by atoms with Gasteiger partial charge in [-0.25, -0.2) is 0 Å². The molecule has 29 heavy (non-hydrogen) atoms. The molecule has 152 valence electrons. The molecule has 0 saturated carbocycles. The van der Waals surface area contributed by atoms with Crippen molar-refractivity contribution in [3.8, 4) is 22.8 Å². The molecule has 0 aliphatic heterocycles. The molecule has 0 fully saturated rings. The van der Waals surface area contributed by atoms with Crippen LogP contribution >= 0.6 is 11.6 Å². The van der Waals surface area contributed by atoms with Crippen molar-refractivity contribution in [1.82, 2.24) is 5.16 Å². The minimum Gasteiger partial charge on any atom is -0.493 e. The summed E-state index contributed by atoms with van der Waals surface area (Å²) in [6.45, 7) is 0. The summed E-state index contributed by atoms with van der Waals surface area (Å²) >= 11 is 5.57. The Morgan fingerprint density at radius 3 is 2.45 bits per heavy atom. The normalized spacial score (nSPS) is 11.2. The van der Waals surface area contributed by atoms with Crippen LogP contribution in [0.2, 0.25) is 5.02 Å². The number of hydrogen-bond donors (Lipinski definition) is 1. The Kier molecular flexibility index (Phi) is 5.69. The van der Waals surface area contributed by atoms with E-state index < -0.39 is 22.7 Å². The second kappa shape index (κ2) is 8.04. The summed E-state index contributed by atoms with van der Waals surface area (Å²) < 4.78 is 54.4. The van der Waals surface area contributed by atoms with E-state index in [1.165, 1.54) is 26.4 Å². The number of halogens is 4. The van der Waals surface area contributed by atoms with Crippen molar-refractivity contribution in [1.29, 1.82) is 0 Å². The molecular weight excluding hydrogens is 413 g/mol. The smallest absolute Gasteiger partial charge is 0.417 e. The SMILES string of the molecule is COc1ccc(-c2cc(C(=O)Nc3ccc(Cl)c(C(F)(F)F)c3)no2)cc1OC. The maximum atomic E-state index is 13.0. The van der Waals surface area contributed by atoms with Crippen molar-refractivity contribution >= 4 is 23.2 Å². The summed E-state index contributed by atoms with van der Waals surface area (Å²) in [6, 6.07) is 9.38. The standard InChI is InChI=1S/C19H14ClF3N2O4/c1-27-15-6-3-10(7-17(15)28-2)16-9-14(25-29-16)18(26)24-11-4-5-13(20)12(8-11)19(21,22)23/h3-9H,1-2H3,(H,24,26). The zero-order valence-corrected chi connectivity index (χ0v) is 15.9. The van der Waals surface area contributed by atoms with E-state index in [0.717, 1.165) is 12.1 Å². The maximum absolute atomic E-state index is 13.0. The first-order valence-corrected chi connectivity index (χ1v) is 8.48. The average molecular weight is 427 g/mol. The highest BCUT2D eigenvalue weighted by atomic mass is 35.5. The predicted molar refractivity (Wildman–Crippen MR) is 99.5 cm³/mol. The van der Waals surface area contributed by atoms with Crippen LogP contribution in [0.1, 0.15) is 16.1 Å². The number of rotatable bonds is 5. The minimum atomic E-state index is -4.65. The van der Waals surface area contributed by atoms with Crippen LogP contribution in [0.15, 0.2) is 47.0 Å². The van der Waals surface area contributed by atoms with Gasteiger partial charge in [0.2, 0.25) is 0 Å². The fourth-order valence-corrected chi connectivity index (χ4v) is 2.75. The molecule has 0 saturated heterocycles. The summed E-state index contributed by atoms with van der Waals surface area (Å²) in [4.78, 5) is 12.3. The minimum absolute atomic E-state index is 0.0811. The van der Waals surface area contributed by atoms with Crippen LogP contribution in [-0.4, -0.2) is 25.3 Å². The van der Waals surface area contributed by atoms with Crippen molar-refractivity contribution in [3.05, 3.63) is 58.7 Å². The van der Waals surface area contributed by atoms with Crippen LogP contribution in [0.25, 0.3) is 11.3 Å². The quantitative estimate of drug-likeness (QED) is 0.600. The van der Waals surface area contributed by atoms with Crippen LogP contribution in [0.5, 0.6) is 11.5 Å². The maximum Gasteiger partial charge on any atom is 0.417 e. The molecule has 1 aromatic heterocycles. The van der Waals surface area contributed by atoms with Gasteiger partial charge in [-0.1, -0.05) is 16.8 Å². The van der Waals surface area contributed by atoms with E-state index in [1.54, 1.807) is 18.2 Å². The highest BCUT2D eigenvalue weighted by molar-refractivity contribution is 6.31. The van der Waals surface area contributed by atoms with Crippen LogP contribution in [0.3, 0.4) is 0 Å². The third-order valence-electron chi connectivity index (χ3n) is 3.94. The van der Waals surface area contributed by atoms with Crippen molar-refractivity contribution in [3.63, 3.8) is 0 Å². The molecule has 0 aliphatic carbocycles. The number of methoxy groups -OCH3 is 2. The van der Waals surface area contributed by atoms with Crippen LogP contribution < -0.4 is 14.8 Å². The number of nitrogens with zero attached hydrogens (tertiary/aromatic N) is 1. The Balaban J connectivity index is 1.82. The Morgan fingerprint density at radius 2 is 1.79 bits per heavy atom. The molecule has 3 rings (SSSR count). The number of benzene rings is 2. The number of aromatic nitrogens is 1. The lowest BCUT2D eigenvalue weighted by Crippen LogP contribution is -2.13. The second-order valence-electron chi connectivity index (χ2n) is 5.79. The molecule has 0 bridgehead atoms. The van der Waals surface area contributed by atoms with Crippen molar-refractivity contribution in [2.75, 3.05) is 19.5 Å². The molecular formula is C19H14ClF3N2O4. The topological polar surface area (TPSA) is 73.6 Å². The summed E-state index contributed by atoms with van der Waals surface area (Å²) in [6.07, 6.45) is -4.65. The second-order valence-corrected chi connectivity index (χ2v) is 6.20. The number of carbonyl (C=O) groups is 1. The van der Waals surface area contributed by atoms with Gasteiger partial charge in [-0.15, -0.1) is 0 Å². The van der Waals surface area contributed by atoms with E-state index in [1.807, 2.05) is 0 Å². The summed E-state index contributed by atoms with van der Waals surface area (Å²) in [5.41, 5.74) is -0.677. The van der Waals surface area contributed by atoms with Gasteiger partial charge in [0.05, 0.1) is 24.8 Å². The van der Waals surface area contributed by atoms with Gasteiger partial charge in [0.1, 0.15) is 0 Å².